The van der Waals surface area contributed by atoms with Crippen LogP contribution in [0.3, 0.4) is 0 Å². The number of hydrogen-bond donors (Lipinski definition) is 1. The van der Waals surface area contributed by atoms with E-state index in [1.54, 1.807) is 6.07 Å². The van der Waals surface area contributed by atoms with Gasteiger partial charge in [-0.15, -0.1) is 0 Å². The van der Waals surface area contributed by atoms with Gasteiger partial charge in [0.15, 0.2) is 0 Å². The molecule has 1 heterocycles. The van der Waals surface area contributed by atoms with Crippen LogP contribution in [0.1, 0.15) is 20.7 Å². The predicted octanol–water partition coefficient (Wildman–Crippen LogP) is 1.59. The van der Waals surface area contributed by atoms with Crippen LogP contribution in [0, 0.1) is 0 Å². The third kappa shape index (κ3) is 1.77. The number of nitrogens with two attached hydrogens (primary N) is 1. The van der Waals surface area contributed by atoms with E-state index < -0.39 is 11.9 Å². The fourth-order valence-corrected chi connectivity index (χ4v) is 1.67. The van der Waals surface area contributed by atoms with Crippen molar-refractivity contribution in [2.24, 2.45) is 0 Å². The highest BCUT2D eigenvalue weighted by atomic mass is 16.5. The van der Waals surface area contributed by atoms with Gasteiger partial charge in [0.2, 0.25) is 5.88 Å². The van der Waals surface area contributed by atoms with Gasteiger partial charge in [0, 0.05) is 5.39 Å². The molecule has 94 valence electrons. The van der Waals surface area contributed by atoms with E-state index in [4.69, 9.17) is 10.2 Å². The van der Waals surface area contributed by atoms with Crippen LogP contribution >= 0.6 is 0 Å². The molecule has 6 nitrogen and oxygen atoms in total. The lowest BCUT2D eigenvalue weighted by Gasteiger charge is -2.00. The molecule has 6 heteroatoms. The molecule has 2 rings (SSSR count). The molecule has 0 radical (unpaired) electrons. The van der Waals surface area contributed by atoms with E-state index in [0.29, 0.717) is 16.5 Å². The third-order valence-corrected chi connectivity index (χ3v) is 2.53. The van der Waals surface area contributed by atoms with E-state index in [9.17, 15) is 9.59 Å². The van der Waals surface area contributed by atoms with Gasteiger partial charge in [0.05, 0.1) is 19.8 Å². The molecule has 0 saturated carbocycles. The lowest BCUT2D eigenvalue weighted by molar-refractivity contribution is 0.0591. The average Bonchev–Trinajstić information content (AvgIpc) is 2.71. The summed E-state index contributed by atoms with van der Waals surface area (Å²) in [6.45, 7) is 0. The number of methoxy groups -OCH3 is 2. The molecule has 0 atom stereocenters. The van der Waals surface area contributed by atoms with Crippen LogP contribution in [0.2, 0.25) is 0 Å². The molecular formula is C12H11NO5. The molecular weight excluding hydrogens is 238 g/mol. The lowest BCUT2D eigenvalue weighted by Crippen LogP contribution is -2.04. The van der Waals surface area contributed by atoms with E-state index in [0.717, 1.165) is 0 Å². The Morgan fingerprint density at radius 1 is 1.17 bits per heavy atom. The summed E-state index contributed by atoms with van der Waals surface area (Å²) in [7, 11) is 2.52. The Morgan fingerprint density at radius 2 is 1.83 bits per heavy atom. The minimum absolute atomic E-state index is 0.0427. The SMILES string of the molecule is COC(=O)c1ccc2oc(N)c(C(=O)OC)c2c1. The highest BCUT2D eigenvalue weighted by Crippen LogP contribution is 2.29. The number of anilines is 1. The van der Waals surface area contributed by atoms with E-state index in [1.807, 2.05) is 0 Å². The van der Waals surface area contributed by atoms with Crippen molar-refractivity contribution in [3.63, 3.8) is 0 Å². The number of esters is 2. The highest BCUT2D eigenvalue weighted by molar-refractivity contribution is 6.09. The number of benzene rings is 1. The summed E-state index contributed by atoms with van der Waals surface area (Å²) in [4.78, 5) is 23.0. The number of hydrogen-bond acceptors (Lipinski definition) is 6. The molecule has 0 amide bonds. The molecule has 0 aliphatic rings. The first-order valence-electron chi connectivity index (χ1n) is 5.07. The smallest absolute Gasteiger partial charge is 0.344 e. The zero-order chi connectivity index (χ0) is 13.3. The number of fused-ring (bicyclic) bond motifs is 1. The third-order valence-electron chi connectivity index (χ3n) is 2.53. The molecule has 18 heavy (non-hydrogen) atoms. The summed E-state index contributed by atoms with van der Waals surface area (Å²) >= 11 is 0. The summed E-state index contributed by atoms with van der Waals surface area (Å²) in [6, 6.07) is 4.55. The van der Waals surface area contributed by atoms with Crippen LogP contribution in [0.25, 0.3) is 11.0 Å². The molecule has 2 aromatic rings. The molecule has 1 aromatic carbocycles. The van der Waals surface area contributed by atoms with E-state index in [2.05, 4.69) is 9.47 Å². The van der Waals surface area contributed by atoms with Gasteiger partial charge < -0.3 is 19.6 Å². The van der Waals surface area contributed by atoms with Crippen molar-refractivity contribution < 1.29 is 23.5 Å². The van der Waals surface area contributed by atoms with E-state index >= 15 is 0 Å². The first kappa shape index (κ1) is 12.0. The van der Waals surface area contributed by atoms with Crippen LogP contribution in [0.15, 0.2) is 22.6 Å². The Balaban J connectivity index is 2.67. The van der Waals surface area contributed by atoms with Crippen molar-refractivity contribution in [3.8, 4) is 0 Å². The summed E-state index contributed by atoms with van der Waals surface area (Å²) in [5.41, 5.74) is 6.42. The van der Waals surface area contributed by atoms with Crippen LogP contribution in [0.5, 0.6) is 0 Å². The standard InChI is InChI=1S/C12H11NO5/c1-16-11(14)6-3-4-8-7(5-6)9(10(13)18-8)12(15)17-2/h3-5H,13H2,1-2H3. The summed E-state index contributed by atoms with van der Waals surface area (Å²) in [6.07, 6.45) is 0. The predicted molar refractivity (Wildman–Crippen MR) is 63.3 cm³/mol. The average molecular weight is 249 g/mol. The van der Waals surface area contributed by atoms with Gasteiger partial charge in [0.25, 0.3) is 0 Å². The topological polar surface area (TPSA) is 91.8 Å². The van der Waals surface area contributed by atoms with Crippen LogP contribution in [-0.4, -0.2) is 26.2 Å². The lowest BCUT2D eigenvalue weighted by atomic mass is 10.1. The molecule has 0 aliphatic heterocycles. The number of carbonyl (C=O) groups excluding carboxylic acids is 2. The molecule has 0 aliphatic carbocycles. The van der Waals surface area contributed by atoms with Gasteiger partial charge in [0.1, 0.15) is 11.1 Å². The van der Waals surface area contributed by atoms with Gasteiger partial charge >= 0.3 is 11.9 Å². The number of rotatable bonds is 2. The first-order chi connectivity index (χ1) is 8.58. The second-order valence-electron chi connectivity index (χ2n) is 3.54. The quantitative estimate of drug-likeness (QED) is 0.812. The molecule has 0 saturated heterocycles. The fraction of sp³-hybridized carbons (Fsp3) is 0.167. The van der Waals surface area contributed by atoms with Crippen LogP contribution in [0.4, 0.5) is 5.88 Å². The zero-order valence-corrected chi connectivity index (χ0v) is 9.85. The molecule has 0 bridgehead atoms. The van der Waals surface area contributed by atoms with Crippen molar-refractivity contribution in [1.29, 1.82) is 0 Å². The van der Waals surface area contributed by atoms with Crippen LogP contribution < -0.4 is 5.73 Å². The largest absolute Gasteiger partial charge is 0.465 e. The summed E-state index contributed by atoms with van der Waals surface area (Å²) in [5, 5.41) is 0.419. The molecule has 1 aromatic heterocycles. The number of ether oxygens (including phenoxy) is 2. The van der Waals surface area contributed by atoms with E-state index in [1.165, 1.54) is 26.4 Å². The molecule has 2 N–H and O–H groups in total. The fourth-order valence-electron chi connectivity index (χ4n) is 1.67. The monoisotopic (exact) mass is 249 g/mol. The maximum absolute atomic E-state index is 11.6. The number of nitrogen functional groups attached to an aromatic ring is 1. The highest BCUT2D eigenvalue weighted by Gasteiger charge is 2.21. The Hall–Kier alpha value is -2.50. The molecule has 0 spiro atoms. The van der Waals surface area contributed by atoms with Crippen molar-refractivity contribution in [2.45, 2.75) is 0 Å². The maximum Gasteiger partial charge on any atom is 0.344 e. The van der Waals surface area contributed by atoms with Gasteiger partial charge in [-0.05, 0) is 18.2 Å². The minimum Gasteiger partial charge on any atom is -0.465 e. The normalized spacial score (nSPS) is 10.3. The summed E-state index contributed by atoms with van der Waals surface area (Å²) in [5.74, 6) is -1.17. The Bertz CT molecular complexity index is 629. The van der Waals surface area contributed by atoms with Gasteiger partial charge in [-0.2, -0.15) is 0 Å². The summed E-state index contributed by atoms with van der Waals surface area (Å²) < 4.78 is 14.4. The van der Waals surface area contributed by atoms with Crippen molar-refractivity contribution in [1.82, 2.24) is 0 Å². The van der Waals surface area contributed by atoms with Crippen molar-refractivity contribution in [3.05, 3.63) is 29.3 Å². The second-order valence-corrected chi connectivity index (χ2v) is 3.54. The Labute approximate surface area is 102 Å². The Morgan fingerprint density at radius 3 is 2.44 bits per heavy atom. The van der Waals surface area contributed by atoms with Gasteiger partial charge in [-0.1, -0.05) is 0 Å². The number of carbonyl (C=O) groups is 2. The minimum atomic E-state index is -0.617. The zero-order valence-electron chi connectivity index (χ0n) is 9.85. The van der Waals surface area contributed by atoms with Crippen LogP contribution in [-0.2, 0) is 9.47 Å². The maximum atomic E-state index is 11.6. The Kier molecular flexibility index (Phi) is 2.93. The first-order valence-corrected chi connectivity index (χ1v) is 5.07. The van der Waals surface area contributed by atoms with E-state index in [-0.39, 0.29) is 11.4 Å². The molecule has 0 unspecified atom stereocenters. The van der Waals surface area contributed by atoms with Gasteiger partial charge in [-0.3, -0.25) is 0 Å². The van der Waals surface area contributed by atoms with Crippen molar-refractivity contribution in [2.75, 3.05) is 20.0 Å². The second kappa shape index (κ2) is 4.40. The molecule has 0 fully saturated rings. The number of furan rings is 1. The van der Waals surface area contributed by atoms with Crippen molar-refractivity contribution >= 4 is 28.8 Å². The van der Waals surface area contributed by atoms with Gasteiger partial charge in [-0.25, -0.2) is 9.59 Å².